The Labute approximate surface area is 115 Å². The number of nitrogens with zero attached hydrogens (tertiary/aromatic N) is 2. The molecule has 0 aliphatic carbocycles. The lowest BCUT2D eigenvalue weighted by molar-refractivity contribution is 0.660. The summed E-state index contributed by atoms with van der Waals surface area (Å²) in [5.74, 6) is 0. The SMILES string of the molecule is CCn1cc(NC(C)c2c(C)cc(C)cc2C)cn1. The van der Waals surface area contributed by atoms with Crippen LogP contribution in [0.3, 0.4) is 0 Å². The molecule has 1 heterocycles. The van der Waals surface area contributed by atoms with Crippen molar-refractivity contribution in [1.29, 1.82) is 0 Å². The topological polar surface area (TPSA) is 29.9 Å². The van der Waals surface area contributed by atoms with Crippen LogP contribution in [0.5, 0.6) is 0 Å². The molecular formula is C16H23N3. The third-order valence-corrected chi connectivity index (χ3v) is 3.51. The maximum Gasteiger partial charge on any atom is 0.0731 e. The fraction of sp³-hybridized carbons (Fsp3) is 0.438. The molecule has 0 saturated heterocycles. The number of hydrogen-bond acceptors (Lipinski definition) is 2. The van der Waals surface area contributed by atoms with Gasteiger partial charge in [-0.3, -0.25) is 4.68 Å². The van der Waals surface area contributed by atoms with Gasteiger partial charge in [0.1, 0.15) is 0 Å². The zero-order chi connectivity index (χ0) is 14.0. The average Bonchev–Trinajstić information content (AvgIpc) is 2.75. The van der Waals surface area contributed by atoms with Crippen LogP contribution in [-0.4, -0.2) is 9.78 Å². The smallest absolute Gasteiger partial charge is 0.0731 e. The van der Waals surface area contributed by atoms with Crippen molar-refractivity contribution in [2.24, 2.45) is 0 Å². The van der Waals surface area contributed by atoms with Gasteiger partial charge >= 0.3 is 0 Å². The summed E-state index contributed by atoms with van der Waals surface area (Å²) in [4.78, 5) is 0. The molecule has 3 nitrogen and oxygen atoms in total. The van der Waals surface area contributed by atoms with Crippen molar-refractivity contribution in [3.63, 3.8) is 0 Å². The van der Waals surface area contributed by atoms with Gasteiger partial charge in [-0.2, -0.15) is 5.10 Å². The second-order valence-corrected chi connectivity index (χ2v) is 5.26. The molecule has 1 atom stereocenters. The second-order valence-electron chi connectivity index (χ2n) is 5.26. The highest BCUT2D eigenvalue weighted by molar-refractivity contribution is 5.46. The number of aryl methyl sites for hydroxylation is 4. The predicted octanol–water partition coefficient (Wildman–Crippen LogP) is 4.00. The van der Waals surface area contributed by atoms with Crippen LogP contribution >= 0.6 is 0 Å². The monoisotopic (exact) mass is 257 g/mol. The van der Waals surface area contributed by atoms with Gasteiger partial charge in [-0.05, 0) is 51.3 Å². The molecule has 0 fully saturated rings. The Morgan fingerprint density at radius 1 is 1.21 bits per heavy atom. The molecule has 1 aromatic heterocycles. The maximum absolute atomic E-state index is 4.29. The predicted molar refractivity (Wildman–Crippen MR) is 80.6 cm³/mol. The van der Waals surface area contributed by atoms with Gasteiger partial charge < -0.3 is 5.32 Å². The van der Waals surface area contributed by atoms with Crippen molar-refractivity contribution in [2.45, 2.75) is 47.2 Å². The summed E-state index contributed by atoms with van der Waals surface area (Å²) in [6.07, 6.45) is 3.94. The highest BCUT2D eigenvalue weighted by atomic mass is 15.3. The molecule has 0 aliphatic heterocycles. The van der Waals surface area contributed by atoms with Crippen LogP contribution in [-0.2, 0) is 6.54 Å². The Morgan fingerprint density at radius 3 is 2.37 bits per heavy atom. The van der Waals surface area contributed by atoms with Gasteiger partial charge in [0.05, 0.1) is 11.9 Å². The number of nitrogens with one attached hydrogen (secondary N) is 1. The Hall–Kier alpha value is -1.77. The second kappa shape index (κ2) is 5.47. The van der Waals surface area contributed by atoms with E-state index in [1.54, 1.807) is 0 Å². The standard InChI is InChI=1S/C16H23N3/c1-6-19-10-15(9-17-19)18-14(5)16-12(3)7-11(2)8-13(16)4/h7-10,14,18H,6H2,1-5H3. The molecular weight excluding hydrogens is 234 g/mol. The first kappa shape index (κ1) is 13.7. The molecule has 2 aromatic rings. The first-order chi connectivity index (χ1) is 9.01. The minimum atomic E-state index is 0.287. The number of rotatable bonds is 4. The van der Waals surface area contributed by atoms with E-state index in [4.69, 9.17) is 0 Å². The van der Waals surface area contributed by atoms with Gasteiger partial charge in [-0.15, -0.1) is 0 Å². The van der Waals surface area contributed by atoms with Gasteiger partial charge in [-0.1, -0.05) is 17.7 Å². The summed E-state index contributed by atoms with van der Waals surface area (Å²) in [6, 6.07) is 4.78. The Morgan fingerprint density at radius 2 is 1.84 bits per heavy atom. The van der Waals surface area contributed by atoms with E-state index in [9.17, 15) is 0 Å². The Bertz CT molecular complexity index is 546. The molecule has 102 valence electrons. The highest BCUT2D eigenvalue weighted by Gasteiger charge is 2.12. The summed E-state index contributed by atoms with van der Waals surface area (Å²) in [5.41, 5.74) is 6.48. The van der Waals surface area contributed by atoms with Crippen LogP contribution in [0.2, 0.25) is 0 Å². The summed E-state index contributed by atoms with van der Waals surface area (Å²) in [7, 11) is 0. The molecule has 0 saturated carbocycles. The third-order valence-electron chi connectivity index (χ3n) is 3.51. The molecule has 0 radical (unpaired) electrons. The van der Waals surface area contributed by atoms with Crippen LogP contribution in [0, 0.1) is 20.8 Å². The fourth-order valence-electron chi connectivity index (χ4n) is 2.81. The lowest BCUT2D eigenvalue weighted by Gasteiger charge is -2.20. The molecule has 0 bridgehead atoms. The van der Waals surface area contributed by atoms with Crippen LogP contribution in [0.4, 0.5) is 5.69 Å². The summed E-state index contributed by atoms with van der Waals surface area (Å²) in [5, 5.41) is 7.83. The van der Waals surface area contributed by atoms with Crippen molar-refractivity contribution in [3.05, 3.63) is 46.8 Å². The van der Waals surface area contributed by atoms with E-state index in [-0.39, 0.29) is 6.04 Å². The molecule has 0 spiro atoms. The van der Waals surface area contributed by atoms with Crippen molar-refractivity contribution in [1.82, 2.24) is 9.78 Å². The van der Waals surface area contributed by atoms with Crippen LogP contribution < -0.4 is 5.32 Å². The Balaban J connectivity index is 2.22. The van der Waals surface area contributed by atoms with E-state index < -0.39 is 0 Å². The zero-order valence-corrected chi connectivity index (χ0v) is 12.5. The molecule has 1 aromatic carbocycles. The summed E-state index contributed by atoms with van der Waals surface area (Å²) in [6.45, 7) is 11.7. The minimum Gasteiger partial charge on any atom is -0.376 e. The number of hydrogen-bond donors (Lipinski definition) is 1. The third kappa shape index (κ3) is 2.98. The zero-order valence-electron chi connectivity index (χ0n) is 12.5. The normalized spacial score (nSPS) is 12.5. The van der Waals surface area contributed by atoms with Crippen molar-refractivity contribution < 1.29 is 0 Å². The van der Waals surface area contributed by atoms with Crippen LogP contribution in [0.25, 0.3) is 0 Å². The lowest BCUT2D eigenvalue weighted by atomic mass is 9.95. The molecule has 0 aliphatic rings. The number of aromatic nitrogens is 2. The molecule has 1 N–H and O–H groups in total. The minimum absolute atomic E-state index is 0.287. The van der Waals surface area contributed by atoms with Crippen molar-refractivity contribution in [3.8, 4) is 0 Å². The first-order valence-electron chi connectivity index (χ1n) is 6.88. The highest BCUT2D eigenvalue weighted by Crippen LogP contribution is 2.26. The van der Waals surface area contributed by atoms with Crippen molar-refractivity contribution >= 4 is 5.69 Å². The molecule has 3 heteroatoms. The van der Waals surface area contributed by atoms with E-state index in [2.05, 4.69) is 63.4 Å². The van der Waals surface area contributed by atoms with Gasteiger partial charge in [0.2, 0.25) is 0 Å². The van der Waals surface area contributed by atoms with E-state index in [0.717, 1.165) is 12.2 Å². The van der Waals surface area contributed by atoms with Crippen LogP contribution in [0.15, 0.2) is 24.5 Å². The van der Waals surface area contributed by atoms with Gasteiger partial charge in [-0.25, -0.2) is 0 Å². The van der Waals surface area contributed by atoms with E-state index in [1.165, 1.54) is 22.3 Å². The van der Waals surface area contributed by atoms with Crippen LogP contribution in [0.1, 0.15) is 42.1 Å². The molecule has 2 rings (SSSR count). The van der Waals surface area contributed by atoms with E-state index in [1.807, 2.05) is 10.9 Å². The molecule has 1 unspecified atom stereocenters. The molecule has 0 amide bonds. The fourth-order valence-corrected chi connectivity index (χ4v) is 2.81. The quantitative estimate of drug-likeness (QED) is 0.897. The first-order valence-corrected chi connectivity index (χ1v) is 6.88. The van der Waals surface area contributed by atoms with E-state index >= 15 is 0 Å². The van der Waals surface area contributed by atoms with Crippen molar-refractivity contribution in [2.75, 3.05) is 5.32 Å². The summed E-state index contributed by atoms with van der Waals surface area (Å²) >= 11 is 0. The van der Waals surface area contributed by atoms with Gasteiger partial charge in [0.25, 0.3) is 0 Å². The summed E-state index contributed by atoms with van der Waals surface area (Å²) < 4.78 is 1.93. The van der Waals surface area contributed by atoms with E-state index in [0.29, 0.717) is 0 Å². The van der Waals surface area contributed by atoms with Gasteiger partial charge in [0, 0.05) is 18.8 Å². The number of benzene rings is 1. The molecule has 19 heavy (non-hydrogen) atoms. The largest absolute Gasteiger partial charge is 0.376 e. The average molecular weight is 257 g/mol. The van der Waals surface area contributed by atoms with Gasteiger partial charge in [0.15, 0.2) is 0 Å². The maximum atomic E-state index is 4.29. The Kier molecular flexibility index (Phi) is 3.93. The lowest BCUT2D eigenvalue weighted by Crippen LogP contribution is -2.10. The number of anilines is 1.